The number of anilines is 1. The second-order valence-electron chi connectivity index (χ2n) is 4.07. The zero-order valence-electron chi connectivity index (χ0n) is 9.16. The van der Waals surface area contributed by atoms with E-state index >= 15 is 0 Å². The van der Waals surface area contributed by atoms with E-state index in [1.807, 2.05) is 13.1 Å². The molecular formula is C11H18N4. The maximum absolute atomic E-state index is 5.43. The molecule has 0 amide bonds. The van der Waals surface area contributed by atoms with Crippen molar-refractivity contribution in [3.8, 4) is 0 Å². The summed E-state index contributed by atoms with van der Waals surface area (Å²) in [5.41, 5.74) is 7.51. The van der Waals surface area contributed by atoms with Crippen LogP contribution in [0.2, 0.25) is 0 Å². The average Bonchev–Trinajstić information content (AvgIpc) is 3.04. The van der Waals surface area contributed by atoms with E-state index in [1.165, 1.54) is 12.8 Å². The normalized spacial score (nSPS) is 15.3. The van der Waals surface area contributed by atoms with Gasteiger partial charge in [0.2, 0.25) is 0 Å². The Hall–Kier alpha value is -1.16. The van der Waals surface area contributed by atoms with Crippen molar-refractivity contribution >= 4 is 5.69 Å². The Morgan fingerprint density at radius 1 is 1.53 bits per heavy atom. The van der Waals surface area contributed by atoms with Crippen molar-refractivity contribution in [2.24, 2.45) is 5.73 Å². The molecule has 0 atom stereocenters. The molecule has 1 aromatic heterocycles. The van der Waals surface area contributed by atoms with Gasteiger partial charge in [-0.05, 0) is 32.7 Å². The van der Waals surface area contributed by atoms with Gasteiger partial charge >= 0.3 is 0 Å². The average molecular weight is 206 g/mol. The van der Waals surface area contributed by atoms with Crippen LogP contribution in [0, 0.1) is 6.92 Å². The van der Waals surface area contributed by atoms with E-state index in [1.54, 1.807) is 0 Å². The summed E-state index contributed by atoms with van der Waals surface area (Å²) in [6, 6.07) is 0. The lowest BCUT2D eigenvalue weighted by Crippen LogP contribution is -2.10. The minimum atomic E-state index is 0.627. The molecule has 1 aliphatic rings. The molecule has 0 aromatic carbocycles. The van der Waals surface area contributed by atoms with E-state index in [9.17, 15) is 0 Å². The molecule has 2 rings (SSSR count). The molecule has 1 fully saturated rings. The van der Waals surface area contributed by atoms with Gasteiger partial charge in [0, 0.05) is 12.5 Å². The van der Waals surface area contributed by atoms with Crippen molar-refractivity contribution in [2.75, 3.05) is 18.4 Å². The molecule has 1 aliphatic carbocycles. The molecule has 4 heteroatoms. The third-order valence-corrected chi connectivity index (χ3v) is 2.64. The molecule has 4 nitrogen and oxygen atoms in total. The van der Waals surface area contributed by atoms with Gasteiger partial charge in [0.25, 0.3) is 0 Å². The van der Waals surface area contributed by atoms with Gasteiger partial charge in [-0.1, -0.05) is 0 Å². The second-order valence-corrected chi connectivity index (χ2v) is 4.07. The fraction of sp³-hybridized carbons (Fsp3) is 0.636. The Kier molecular flexibility index (Phi) is 3.16. The molecule has 0 saturated heterocycles. The predicted molar refractivity (Wildman–Crippen MR) is 60.9 cm³/mol. The van der Waals surface area contributed by atoms with Crippen LogP contribution in [0.1, 0.15) is 36.7 Å². The second kappa shape index (κ2) is 4.57. The molecule has 3 N–H and O–H groups in total. The summed E-state index contributed by atoms with van der Waals surface area (Å²) in [6.07, 6.45) is 5.37. The number of nitrogens with two attached hydrogens (primary N) is 1. The van der Waals surface area contributed by atoms with Crippen LogP contribution >= 0.6 is 0 Å². The zero-order chi connectivity index (χ0) is 10.7. The lowest BCUT2D eigenvalue weighted by molar-refractivity contribution is 0.861. The zero-order valence-corrected chi connectivity index (χ0v) is 9.16. The molecule has 0 unspecified atom stereocenters. The van der Waals surface area contributed by atoms with Crippen molar-refractivity contribution < 1.29 is 0 Å². The lowest BCUT2D eigenvalue weighted by Gasteiger charge is -2.08. The number of rotatable bonds is 5. The molecule has 0 radical (unpaired) electrons. The first-order chi connectivity index (χ1) is 7.31. The van der Waals surface area contributed by atoms with Crippen LogP contribution in [0.3, 0.4) is 0 Å². The Balaban J connectivity index is 1.98. The van der Waals surface area contributed by atoms with E-state index in [4.69, 9.17) is 5.73 Å². The highest BCUT2D eigenvalue weighted by Gasteiger charge is 2.26. The van der Waals surface area contributed by atoms with Gasteiger partial charge in [0.05, 0.1) is 17.6 Å². The topological polar surface area (TPSA) is 63.8 Å². The molecule has 82 valence electrons. The third-order valence-electron chi connectivity index (χ3n) is 2.64. The molecule has 0 aliphatic heterocycles. The summed E-state index contributed by atoms with van der Waals surface area (Å²) in [7, 11) is 0. The van der Waals surface area contributed by atoms with Crippen molar-refractivity contribution in [3.63, 3.8) is 0 Å². The van der Waals surface area contributed by atoms with Crippen LogP contribution in [0.15, 0.2) is 6.20 Å². The Labute approximate surface area is 90.3 Å². The molecule has 0 spiro atoms. The highest BCUT2D eigenvalue weighted by Crippen LogP contribution is 2.38. The molecule has 0 bridgehead atoms. The van der Waals surface area contributed by atoms with Crippen LogP contribution < -0.4 is 11.1 Å². The van der Waals surface area contributed by atoms with Crippen molar-refractivity contribution in [2.45, 2.75) is 32.1 Å². The SMILES string of the molecule is Cc1nc(C2CC2)ncc1NCCCN. The van der Waals surface area contributed by atoms with E-state index in [-0.39, 0.29) is 0 Å². The number of nitrogens with zero attached hydrogens (tertiary/aromatic N) is 2. The van der Waals surface area contributed by atoms with Crippen LogP contribution in [0.25, 0.3) is 0 Å². The lowest BCUT2D eigenvalue weighted by atomic mass is 10.3. The number of aromatic nitrogens is 2. The van der Waals surface area contributed by atoms with E-state index in [0.717, 1.165) is 30.2 Å². The maximum atomic E-state index is 5.43. The summed E-state index contributed by atoms with van der Waals surface area (Å²) in [5, 5.41) is 3.30. The third kappa shape index (κ3) is 2.65. The molecule has 1 heterocycles. The predicted octanol–water partition coefficient (Wildman–Crippen LogP) is 1.42. The molecule has 15 heavy (non-hydrogen) atoms. The van der Waals surface area contributed by atoms with E-state index in [0.29, 0.717) is 12.5 Å². The summed E-state index contributed by atoms with van der Waals surface area (Å²) in [6.45, 7) is 3.63. The quantitative estimate of drug-likeness (QED) is 0.715. The van der Waals surface area contributed by atoms with Gasteiger partial charge in [0.15, 0.2) is 0 Å². The largest absolute Gasteiger partial charge is 0.382 e. The van der Waals surface area contributed by atoms with E-state index < -0.39 is 0 Å². The first-order valence-corrected chi connectivity index (χ1v) is 5.58. The van der Waals surface area contributed by atoms with Crippen LogP contribution in [-0.2, 0) is 0 Å². The fourth-order valence-electron chi connectivity index (χ4n) is 1.52. The highest BCUT2D eigenvalue weighted by molar-refractivity contribution is 5.45. The first-order valence-electron chi connectivity index (χ1n) is 5.58. The van der Waals surface area contributed by atoms with Crippen LogP contribution in [-0.4, -0.2) is 23.1 Å². The minimum Gasteiger partial charge on any atom is -0.382 e. The van der Waals surface area contributed by atoms with Crippen LogP contribution in [0.5, 0.6) is 0 Å². The van der Waals surface area contributed by atoms with Crippen molar-refractivity contribution in [1.29, 1.82) is 0 Å². The summed E-state index contributed by atoms with van der Waals surface area (Å²) < 4.78 is 0. The van der Waals surface area contributed by atoms with Gasteiger partial charge in [-0.25, -0.2) is 9.97 Å². The van der Waals surface area contributed by atoms with Crippen LogP contribution in [0.4, 0.5) is 5.69 Å². The van der Waals surface area contributed by atoms with Crippen molar-refractivity contribution in [3.05, 3.63) is 17.7 Å². The maximum Gasteiger partial charge on any atom is 0.131 e. The summed E-state index contributed by atoms with van der Waals surface area (Å²) >= 11 is 0. The number of nitrogens with one attached hydrogen (secondary N) is 1. The number of hydrogen-bond acceptors (Lipinski definition) is 4. The minimum absolute atomic E-state index is 0.627. The van der Waals surface area contributed by atoms with Gasteiger partial charge < -0.3 is 11.1 Å². The Morgan fingerprint density at radius 3 is 2.93 bits per heavy atom. The Morgan fingerprint density at radius 2 is 2.33 bits per heavy atom. The number of aryl methyl sites for hydroxylation is 1. The smallest absolute Gasteiger partial charge is 0.131 e. The van der Waals surface area contributed by atoms with Crippen molar-refractivity contribution in [1.82, 2.24) is 9.97 Å². The van der Waals surface area contributed by atoms with Gasteiger partial charge in [-0.15, -0.1) is 0 Å². The van der Waals surface area contributed by atoms with E-state index in [2.05, 4.69) is 15.3 Å². The molecule has 1 saturated carbocycles. The number of hydrogen-bond donors (Lipinski definition) is 2. The van der Waals surface area contributed by atoms with Gasteiger partial charge in [0.1, 0.15) is 5.82 Å². The molecular weight excluding hydrogens is 188 g/mol. The summed E-state index contributed by atoms with van der Waals surface area (Å²) in [5.74, 6) is 1.64. The highest BCUT2D eigenvalue weighted by atomic mass is 15.0. The first kappa shape index (κ1) is 10.4. The van der Waals surface area contributed by atoms with Gasteiger partial charge in [-0.2, -0.15) is 0 Å². The molecule has 1 aromatic rings. The monoisotopic (exact) mass is 206 g/mol. The fourth-order valence-corrected chi connectivity index (χ4v) is 1.52. The standard InChI is InChI=1S/C11H18N4/c1-8-10(13-6-2-5-12)7-14-11(15-8)9-3-4-9/h7,9,13H,2-6,12H2,1H3. The van der Waals surface area contributed by atoms with Gasteiger partial charge in [-0.3, -0.25) is 0 Å². The Bertz CT molecular complexity index is 333. The summed E-state index contributed by atoms with van der Waals surface area (Å²) in [4.78, 5) is 8.88.